The maximum atomic E-state index is 13.9. The average molecular weight is 565 g/mol. The minimum absolute atomic E-state index is 0.0689. The highest BCUT2D eigenvalue weighted by Gasteiger charge is 2.43. The van der Waals surface area contributed by atoms with E-state index in [1.165, 1.54) is 6.42 Å². The molecule has 2 aromatic rings. The molecule has 1 atom stereocenters. The quantitative estimate of drug-likeness (QED) is 0.462. The third-order valence-electron chi connectivity index (χ3n) is 9.31. The Bertz CT molecular complexity index is 1240. The lowest BCUT2D eigenvalue weighted by atomic mass is 9.84. The van der Waals surface area contributed by atoms with Gasteiger partial charge in [-0.1, -0.05) is 32.3 Å². The molecule has 10 heteroatoms. The first kappa shape index (κ1) is 29.1. The SMILES string of the molecule is CC[C@@]1(C)CN(C2CCCCC2)c2nc(NN(C(=O)c3cccc(OC)c3)C3CCC(O)CC3)ncc2N(C)C1=O. The molecular formula is C31H44N6O4. The second-order valence-corrected chi connectivity index (χ2v) is 12.1. The molecule has 3 aliphatic rings. The van der Waals surface area contributed by atoms with Crippen molar-refractivity contribution in [3.8, 4) is 5.75 Å². The van der Waals surface area contributed by atoms with Crippen molar-refractivity contribution in [2.45, 2.75) is 96.2 Å². The zero-order chi connectivity index (χ0) is 29.1. The standard InChI is InChI=1S/C31H44N6O4/c1-5-31(2)20-36(22-11-7-6-8-12-22)27-26(35(3)29(31)40)19-32-30(33-27)34-37(23-14-16-24(38)17-15-23)28(39)21-10-9-13-25(18-21)41-4/h9-10,13,18-19,22-24,38H,5-8,11-12,14-17,20H2,1-4H3,(H,32,33,34)/t23?,24?,31-/m0/s1. The lowest BCUT2D eigenvalue weighted by Gasteiger charge is -2.39. The number of anilines is 3. The van der Waals surface area contributed by atoms with E-state index in [0.717, 1.165) is 37.9 Å². The van der Waals surface area contributed by atoms with Gasteiger partial charge >= 0.3 is 0 Å². The van der Waals surface area contributed by atoms with E-state index in [-0.39, 0.29) is 24.0 Å². The second-order valence-electron chi connectivity index (χ2n) is 12.1. The van der Waals surface area contributed by atoms with Crippen LogP contribution in [0.3, 0.4) is 0 Å². The molecule has 1 aliphatic heterocycles. The lowest BCUT2D eigenvalue weighted by molar-refractivity contribution is -0.126. The number of aromatic nitrogens is 2. The highest BCUT2D eigenvalue weighted by molar-refractivity contribution is 6.01. The van der Waals surface area contributed by atoms with E-state index in [2.05, 4.69) is 22.2 Å². The van der Waals surface area contributed by atoms with Gasteiger partial charge < -0.3 is 19.6 Å². The van der Waals surface area contributed by atoms with Crippen LogP contribution in [0.1, 0.15) is 88.4 Å². The van der Waals surface area contributed by atoms with Crippen LogP contribution in [0.25, 0.3) is 0 Å². The highest BCUT2D eigenvalue weighted by Crippen LogP contribution is 2.41. The number of nitrogens with one attached hydrogen (secondary N) is 1. The van der Waals surface area contributed by atoms with Gasteiger partial charge in [-0.3, -0.25) is 15.0 Å². The van der Waals surface area contributed by atoms with Crippen molar-refractivity contribution in [1.82, 2.24) is 15.0 Å². The zero-order valence-electron chi connectivity index (χ0n) is 24.8. The summed E-state index contributed by atoms with van der Waals surface area (Å²) >= 11 is 0. The van der Waals surface area contributed by atoms with Gasteiger partial charge in [0, 0.05) is 25.2 Å². The van der Waals surface area contributed by atoms with Gasteiger partial charge in [-0.25, -0.2) is 9.99 Å². The molecule has 0 unspecified atom stereocenters. The monoisotopic (exact) mass is 564 g/mol. The summed E-state index contributed by atoms with van der Waals surface area (Å²) in [6, 6.07) is 7.26. The fraction of sp³-hybridized carbons (Fsp3) is 0.613. The molecule has 2 amide bonds. The van der Waals surface area contributed by atoms with Gasteiger partial charge in [-0.15, -0.1) is 0 Å². The number of amides is 2. The Morgan fingerprint density at radius 1 is 1.17 bits per heavy atom. The van der Waals surface area contributed by atoms with E-state index >= 15 is 0 Å². The molecule has 222 valence electrons. The summed E-state index contributed by atoms with van der Waals surface area (Å²) in [4.78, 5) is 41.2. The Hall–Kier alpha value is -3.40. The Labute approximate surface area is 243 Å². The first-order valence-electron chi connectivity index (χ1n) is 15.1. The van der Waals surface area contributed by atoms with Gasteiger partial charge in [0.25, 0.3) is 5.91 Å². The fourth-order valence-corrected chi connectivity index (χ4v) is 6.49. The summed E-state index contributed by atoms with van der Waals surface area (Å²) in [5, 5.41) is 11.8. The maximum Gasteiger partial charge on any atom is 0.272 e. The molecule has 0 spiro atoms. The van der Waals surface area contributed by atoms with Crippen molar-refractivity contribution >= 4 is 29.3 Å². The zero-order valence-corrected chi connectivity index (χ0v) is 24.8. The van der Waals surface area contributed by atoms with E-state index in [1.807, 2.05) is 20.0 Å². The smallest absolute Gasteiger partial charge is 0.272 e. The fourth-order valence-electron chi connectivity index (χ4n) is 6.49. The van der Waals surface area contributed by atoms with Gasteiger partial charge in [0.1, 0.15) is 11.4 Å². The number of hydrogen-bond donors (Lipinski definition) is 2. The molecule has 0 bridgehead atoms. The number of carbonyl (C=O) groups excluding carboxylic acids is 2. The van der Waals surface area contributed by atoms with Gasteiger partial charge in [0.2, 0.25) is 11.9 Å². The van der Waals surface area contributed by atoms with Crippen LogP contribution in [-0.2, 0) is 4.79 Å². The predicted octanol–water partition coefficient (Wildman–Crippen LogP) is 4.79. The summed E-state index contributed by atoms with van der Waals surface area (Å²) in [6.07, 6.45) is 10.3. The summed E-state index contributed by atoms with van der Waals surface area (Å²) in [5.74, 6) is 1.51. The third kappa shape index (κ3) is 5.98. The number of carbonyl (C=O) groups is 2. The van der Waals surface area contributed by atoms with E-state index < -0.39 is 5.41 Å². The number of aliphatic hydroxyl groups is 1. The molecule has 41 heavy (non-hydrogen) atoms. The molecular weight excluding hydrogens is 520 g/mol. The number of aliphatic hydroxyl groups excluding tert-OH is 1. The normalized spacial score (nSPS) is 25.3. The van der Waals surface area contributed by atoms with Crippen LogP contribution in [0, 0.1) is 5.41 Å². The molecule has 2 aliphatic carbocycles. The van der Waals surface area contributed by atoms with Crippen molar-refractivity contribution < 1.29 is 19.4 Å². The number of benzene rings is 1. The highest BCUT2D eigenvalue weighted by atomic mass is 16.5. The first-order valence-corrected chi connectivity index (χ1v) is 15.1. The Morgan fingerprint density at radius 3 is 2.59 bits per heavy atom. The van der Waals surface area contributed by atoms with Crippen LogP contribution in [-0.4, -0.2) is 70.8 Å². The largest absolute Gasteiger partial charge is 0.497 e. The second kappa shape index (κ2) is 12.2. The predicted molar refractivity (Wildman–Crippen MR) is 159 cm³/mol. The van der Waals surface area contributed by atoms with Gasteiger partial charge in [0.05, 0.1) is 30.9 Å². The Kier molecular flexibility index (Phi) is 8.68. The summed E-state index contributed by atoms with van der Waals surface area (Å²) in [6.45, 7) is 4.71. The van der Waals surface area contributed by atoms with Crippen molar-refractivity contribution in [3.05, 3.63) is 36.0 Å². The van der Waals surface area contributed by atoms with Crippen LogP contribution in [0.2, 0.25) is 0 Å². The number of hydrazine groups is 1. The average Bonchev–Trinajstić information content (AvgIpc) is 3.09. The molecule has 2 N–H and O–H groups in total. The molecule has 2 fully saturated rings. The topological polar surface area (TPSA) is 111 Å². The summed E-state index contributed by atoms with van der Waals surface area (Å²) in [7, 11) is 3.39. The number of rotatable bonds is 7. The van der Waals surface area contributed by atoms with E-state index in [4.69, 9.17) is 9.72 Å². The minimum atomic E-state index is -0.544. The number of nitrogens with zero attached hydrogens (tertiary/aromatic N) is 5. The van der Waals surface area contributed by atoms with Crippen LogP contribution >= 0.6 is 0 Å². The van der Waals surface area contributed by atoms with Crippen LogP contribution in [0.15, 0.2) is 30.5 Å². The summed E-state index contributed by atoms with van der Waals surface area (Å²) in [5.41, 5.74) is 3.90. The third-order valence-corrected chi connectivity index (χ3v) is 9.31. The number of methoxy groups -OCH3 is 1. The van der Waals surface area contributed by atoms with E-state index in [9.17, 15) is 14.7 Å². The van der Waals surface area contributed by atoms with Gasteiger partial charge in [-0.2, -0.15) is 4.98 Å². The van der Waals surface area contributed by atoms with Gasteiger partial charge in [0.15, 0.2) is 5.82 Å². The van der Waals surface area contributed by atoms with Crippen LogP contribution in [0.5, 0.6) is 5.75 Å². The maximum absolute atomic E-state index is 13.9. The molecule has 2 saturated carbocycles. The van der Waals surface area contributed by atoms with Crippen molar-refractivity contribution in [2.75, 3.05) is 35.9 Å². The van der Waals surface area contributed by atoms with E-state index in [1.54, 1.807) is 41.4 Å². The molecule has 0 radical (unpaired) electrons. The summed E-state index contributed by atoms with van der Waals surface area (Å²) < 4.78 is 5.36. The number of hydrogen-bond acceptors (Lipinski definition) is 8. The Balaban J connectivity index is 1.52. The van der Waals surface area contributed by atoms with Gasteiger partial charge in [-0.05, 0) is 70.1 Å². The van der Waals surface area contributed by atoms with Crippen molar-refractivity contribution in [2.24, 2.45) is 5.41 Å². The number of ether oxygens (including phenoxy) is 1. The first-order chi connectivity index (χ1) is 19.7. The van der Waals surface area contributed by atoms with E-state index in [0.29, 0.717) is 61.2 Å². The molecule has 1 aromatic heterocycles. The van der Waals surface area contributed by atoms with Crippen molar-refractivity contribution in [1.29, 1.82) is 0 Å². The van der Waals surface area contributed by atoms with Crippen molar-refractivity contribution in [3.63, 3.8) is 0 Å². The molecule has 2 heterocycles. The lowest BCUT2D eigenvalue weighted by Crippen LogP contribution is -2.48. The number of fused-ring (bicyclic) bond motifs is 1. The minimum Gasteiger partial charge on any atom is -0.497 e. The molecule has 0 saturated heterocycles. The van der Waals surface area contributed by atoms with Crippen LogP contribution in [0.4, 0.5) is 17.5 Å². The molecule has 10 nitrogen and oxygen atoms in total. The molecule has 1 aromatic carbocycles. The van der Waals surface area contributed by atoms with Crippen LogP contribution < -0.4 is 20.0 Å². The molecule has 5 rings (SSSR count). The Morgan fingerprint density at radius 2 is 1.90 bits per heavy atom.